The summed E-state index contributed by atoms with van der Waals surface area (Å²) in [5, 5.41) is 39.9. The third-order valence-corrected chi connectivity index (χ3v) is 7.45. The van der Waals surface area contributed by atoms with Crippen LogP contribution in [0.25, 0.3) is 22.3 Å². The van der Waals surface area contributed by atoms with Crippen LogP contribution in [-0.2, 0) is 5.41 Å². The van der Waals surface area contributed by atoms with Gasteiger partial charge in [0.2, 0.25) is 0 Å². The van der Waals surface area contributed by atoms with Gasteiger partial charge in [-0.2, -0.15) is 0 Å². The highest BCUT2D eigenvalue weighted by atomic mass is 16.4. The number of benzene rings is 5. The van der Waals surface area contributed by atoms with Gasteiger partial charge in [-0.05, 0) is 80.9 Å². The minimum atomic E-state index is -1.24. The van der Waals surface area contributed by atoms with E-state index in [1.165, 1.54) is 12.1 Å². The molecule has 1 aliphatic rings. The zero-order chi connectivity index (χ0) is 27.3. The van der Waals surface area contributed by atoms with Crippen molar-refractivity contribution in [1.82, 2.24) is 0 Å². The monoisotopic (exact) mass is 514 g/mol. The Bertz CT molecular complexity index is 1720. The minimum absolute atomic E-state index is 0.108. The molecular formula is C33H22O6. The number of carboxylic acids is 2. The average Bonchev–Trinajstić information content (AvgIpc) is 3.25. The van der Waals surface area contributed by atoms with Crippen LogP contribution in [-0.4, -0.2) is 32.4 Å². The van der Waals surface area contributed by atoms with Gasteiger partial charge in [0.05, 0.1) is 16.5 Å². The first-order valence-corrected chi connectivity index (χ1v) is 12.3. The number of fused-ring (bicyclic) bond motifs is 3. The number of phenolic OH excluding ortho intramolecular Hbond substituents is 2. The van der Waals surface area contributed by atoms with Gasteiger partial charge < -0.3 is 20.4 Å². The molecule has 0 unspecified atom stereocenters. The van der Waals surface area contributed by atoms with Gasteiger partial charge in [-0.25, -0.2) is 9.59 Å². The number of aromatic hydroxyl groups is 2. The van der Waals surface area contributed by atoms with Crippen molar-refractivity contribution in [2.45, 2.75) is 5.41 Å². The molecule has 5 aromatic carbocycles. The smallest absolute Gasteiger partial charge is 0.336 e. The van der Waals surface area contributed by atoms with E-state index in [1.54, 1.807) is 30.3 Å². The fraction of sp³-hybridized carbons (Fsp3) is 0.0303. The van der Waals surface area contributed by atoms with Gasteiger partial charge in [0.15, 0.2) is 0 Å². The molecule has 0 heterocycles. The number of rotatable bonds is 5. The first kappa shape index (κ1) is 24.0. The number of carboxylic acid groups (broad SMARTS) is 2. The van der Waals surface area contributed by atoms with E-state index in [4.69, 9.17) is 0 Å². The van der Waals surface area contributed by atoms with Gasteiger partial charge in [0.25, 0.3) is 0 Å². The third-order valence-electron chi connectivity index (χ3n) is 7.45. The zero-order valence-corrected chi connectivity index (χ0v) is 20.5. The molecule has 0 aromatic heterocycles. The van der Waals surface area contributed by atoms with Crippen molar-refractivity contribution in [1.29, 1.82) is 0 Å². The summed E-state index contributed by atoms with van der Waals surface area (Å²) in [5.74, 6) is -2.23. The van der Waals surface area contributed by atoms with E-state index in [9.17, 15) is 30.0 Å². The molecule has 39 heavy (non-hydrogen) atoms. The van der Waals surface area contributed by atoms with Crippen LogP contribution in [0.15, 0.2) is 109 Å². The van der Waals surface area contributed by atoms with Gasteiger partial charge in [-0.1, -0.05) is 72.8 Å². The van der Waals surface area contributed by atoms with E-state index in [0.29, 0.717) is 11.1 Å². The van der Waals surface area contributed by atoms with Crippen molar-refractivity contribution < 1.29 is 30.0 Å². The molecule has 0 atom stereocenters. The van der Waals surface area contributed by atoms with Crippen LogP contribution < -0.4 is 0 Å². The molecule has 4 N–H and O–H groups in total. The second-order valence-electron chi connectivity index (χ2n) is 9.49. The number of phenols is 2. The molecule has 0 fully saturated rings. The SMILES string of the molecule is O=C(O)c1ccc(-c2cccc3c2C(c2ccc(O)cc2)(c2ccc(O)cc2)c2ccccc2-3)c(C(=O)O)c1. The van der Waals surface area contributed by atoms with Crippen LogP contribution in [0.1, 0.15) is 43.0 Å². The van der Waals surface area contributed by atoms with Crippen LogP contribution in [0.2, 0.25) is 0 Å². The van der Waals surface area contributed by atoms with Crippen molar-refractivity contribution in [3.8, 4) is 33.8 Å². The average molecular weight is 515 g/mol. The van der Waals surface area contributed by atoms with Gasteiger partial charge in [-0.3, -0.25) is 0 Å². The maximum absolute atomic E-state index is 12.4. The van der Waals surface area contributed by atoms with Crippen molar-refractivity contribution >= 4 is 11.9 Å². The third kappa shape index (κ3) is 3.57. The Hall–Kier alpha value is -5.36. The highest BCUT2D eigenvalue weighted by Crippen LogP contribution is 2.59. The predicted octanol–water partition coefficient (Wildman–Crippen LogP) is 6.52. The van der Waals surface area contributed by atoms with Gasteiger partial charge in [0.1, 0.15) is 11.5 Å². The maximum Gasteiger partial charge on any atom is 0.336 e. The van der Waals surface area contributed by atoms with E-state index in [2.05, 4.69) is 0 Å². The summed E-state index contributed by atoms with van der Waals surface area (Å²) in [5.41, 5.74) is 5.18. The normalized spacial score (nSPS) is 12.9. The Kier molecular flexibility index (Phi) is 5.47. The quantitative estimate of drug-likeness (QED) is 0.208. The molecule has 0 saturated carbocycles. The van der Waals surface area contributed by atoms with E-state index in [1.807, 2.05) is 66.7 Å². The minimum Gasteiger partial charge on any atom is -0.508 e. The Morgan fingerprint density at radius 2 is 1.08 bits per heavy atom. The summed E-state index contributed by atoms with van der Waals surface area (Å²) < 4.78 is 0. The Balaban J connectivity index is 1.79. The number of hydrogen-bond donors (Lipinski definition) is 4. The van der Waals surface area contributed by atoms with Crippen LogP contribution >= 0.6 is 0 Å². The van der Waals surface area contributed by atoms with E-state index >= 15 is 0 Å². The number of aromatic carboxylic acids is 2. The highest BCUT2D eigenvalue weighted by Gasteiger charge is 2.47. The molecule has 6 rings (SSSR count). The molecule has 0 aliphatic heterocycles. The molecule has 0 amide bonds. The summed E-state index contributed by atoms with van der Waals surface area (Å²) in [6, 6.07) is 31.6. The molecule has 0 spiro atoms. The van der Waals surface area contributed by atoms with Crippen LogP contribution in [0.5, 0.6) is 11.5 Å². The second kappa shape index (κ2) is 8.89. The van der Waals surface area contributed by atoms with E-state index in [0.717, 1.165) is 33.4 Å². The van der Waals surface area contributed by atoms with Crippen LogP contribution in [0.4, 0.5) is 0 Å². The van der Waals surface area contributed by atoms with E-state index < -0.39 is 17.4 Å². The van der Waals surface area contributed by atoms with Crippen LogP contribution in [0.3, 0.4) is 0 Å². The van der Waals surface area contributed by atoms with Crippen LogP contribution in [0, 0.1) is 0 Å². The number of hydrogen-bond acceptors (Lipinski definition) is 4. The summed E-state index contributed by atoms with van der Waals surface area (Å²) in [6.07, 6.45) is 0. The lowest BCUT2D eigenvalue weighted by atomic mass is 9.66. The second-order valence-corrected chi connectivity index (χ2v) is 9.49. The molecule has 1 aliphatic carbocycles. The predicted molar refractivity (Wildman–Crippen MR) is 146 cm³/mol. The Morgan fingerprint density at radius 1 is 0.538 bits per heavy atom. The summed E-state index contributed by atoms with van der Waals surface area (Å²) >= 11 is 0. The van der Waals surface area contributed by atoms with Crippen molar-refractivity contribution in [3.05, 3.63) is 143 Å². The first-order valence-electron chi connectivity index (χ1n) is 12.3. The Morgan fingerprint density at radius 3 is 1.64 bits per heavy atom. The molecule has 6 heteroatoms. The van der Waals surface area contributed by atoms with Crippen molar-refractivity contribution in [2.24, 2.45) is 0 Å². The standard InChI is InChI=1S/C33H22O6/c34-22-13-9-20(10-14-22)33(21-11-15-23(35)16-12-21)29-7-2-1-4-25(29)27-6-3-5-26(30(27)33)24-17-8-19(31(36)37)18-28(24)32(38)39/h1-18,34-35H,(H,36,37)(H,38,39). The fourth-order valence-electron chi connectivity index (χ4n) is 5.86. The fourth-order valence-corrected chi connectivity index (χ4v) is 5.86. The maximum atomic E-state index is 12.4. The Labute approximate surface area is 223 Å². The summed E-state index contributed by atoms with van der Waals surface area (Å²) in [7, 11) is 0. The molecule has 5 aromatic rings. The van der Waals surface area contributed by atoms with Gasteiger partial charge in [-0.15, -0.1) is 0 Å². The molecular weight excluding hydrogens is 492 g/mol. The largest absolute Gasteiger partial charge is 0.508 e. The lowest BCUT2D eigenvalue weighted by Gasteiger charge is -2.35. The lowest BCUT2D eigenvalue weighted by molar-refractivity contribution is 0.0696. The molecule has 6 nitrogen and oxygen atoms in total. The summed E-state index contributed by atoms with van der Waals surface area (Å²) in [4.78, 5) is 24.1. The van der Waals surface area contributed by atoms with Gasteiger partial charge >= 0.3 is 11.9 Å². The van der Waals surface area contributed by atoms with Gasteiger partial charge in [0, 0.05) is 0 Å². The first-order chi connectivity index (χ1) is 18.8. The summed E-state index contributed by atoms with van der Waals surface area (Å²) in [6.45, 7) is 0. The molecule has 0 bridgehead atoms. The highest BCUT2D eigenvalue weighted by molar-refractivity contribution is 6.02. The topological polar surface area (TPSA) is 115 Å². The van der Waals surface area contributed by atoms with E-state index in [-0.39, 0.29) is 22.6 Å². The molecule has 0 saturated heterocycles. The lowest BCUT2D eigenvalue weighted by Crippen LogP contribution is -2.29. The van der Waals surface area contributed by atoms with Crippen molar-refractivity contribution in [2.75, 3.05) is 0 Å². The van der Waals surface area contributed by atoms with Crippen molar-refractivity contribution in [3.63, 3.8) is 0 Å². The molecule has 0 radical (unpaired) electrons. The zero-order valence-electron chi connectivity index (χ0n) is 20.5. The molecule has 190 valence electrons. The number of carbonyl (C=O) groups is 2.